The van der Waals surface area contributed by atoms with Crippen LogP contribution in [0.2, 0.25) is 0 Å². The van der Waals surface area contributed by atoms with Crippen molar-refractivity contribution in [3.05, 3.63) is 36.4 Å². The maximum absolute atomic E-state index is 13.0. The summed E-state index contributed by atoms with van der Waals surface area (Å²) < 4.78 is 18.3. The molecule has 0 spiro atoms. The Labute approximate surface area is 95.3 Å². The minimum atomic E-state index is -0.561. The minimum absolute atomic E-state index is 0.176. The van der Waals surface area contributed by atoms with Gasteiger partial charge in [0.25, 0.3) is 5.95 Å². The Balaban J connectivity index is 0.000000606. The van der Waals surface area contributed by atoms with Crippen LogP contribution in [0.15, 0.2) is 30.5 Å². The third kappa shape index (κ3) is 3.62. The molecule has 1 aromatic rings. The molecule has 16 heavy (non-hydrogen) atoms. The zero-order valence-electron chi connectivity index (χ0n) is 9.61. The molecule has 0 amide bonds. The molecule has 0 fully saturated rings. The van der Waals surface area contributed by atoms with Gasteiger partial charge in [0.1, 0.15) is 6.61 Å². The van der Waals surface area contributed by atoms with Crippen molar-refractivity contribution in [2.24, 2.45) is 0 Å². The standard InChI is InChI=1S/C10H11FN2O.C2H6/c11-10-9(4-2-6-13-10)14-7-8-3-1-5-12-8;1-2/h1-4,6,8,12H,5,7H2;1-2H3. The number of aromatic nitrogens is 1. The molecule has 1 atom stereocenters. The third-order valence-electron chi connectivity index (χ3n) is 2.01. The van der Waals surface area contributed by atoms with E-state index in [1.165, 1.54) is 6.20 Å². The maximum atomic E-state index is 13.0. The smallest absolute Gasteiger partial charge is 0.255 e. The predicted octanol–water partition coefficient (Wildman–Crippen LogP) is 2.15. The van der Waals surface area contributed by atoms with E-state index in [2.05, 4.69) is 10.3 Å². The molecule has 1 aliphatic rings. The average Bonchev–Trinajstić information content (AvgIpc) is 2.84. The van der Waals surface area contributed by atoms with Crippen molar-refractivity contribution in [1.82, 2.24) is 10.3 Å². The second-order valence-electron chi connectivity index (χ2n) is 3.05. The Morgan fingerprint density at radius 2 is 2.38 bits per heavy atom. The molecular weight excluding hydrogens is 207 g/mol. The lowest BCUT2D eigenvalue weighted by molar-refractivity contribution is 0.276. The lowest BCUT2D eigenvalue weighted by Crippen LogP contribution is -2.28. The molecule has 0 aliphatic carbocycles. The van der Waals surface area contributed by atoms with Crippen molar-refractivity contribution in [3.8, 4) is 5.75 Å². The van der Waals surface area contributed by atoms with Crippen LogP contribution in [0, 0.1) is 5.95 Å². The van der Waals surface area contributed by atoms with Crippen LogP contribution in [0.4, 0.5) is 4.39 Å². The van der Waals surface area contributed by atoms with Gasteiger partial charge in [0.2, 0.25) is 0 Å². The molecule has 3 nitrogen and oxygen atoms in total. The maximum Gasteiger partial charge on any atom is 0.255 e. The number of ether oxygens (including phenoxy) is 1. The van der Waals surface area contributed by atoms with Crippen LogP contribution >= 0.6 is 0 Å². The molecule has 1 aromatic heterocycles. The van der Waals surface area contributed by atoms with Gasteiger partial charge in [0.05, 0.1) is 6.04 Å². The Hall–Kier alpha value is -1.42. The Morgan fingerprint density at radius 1 is 1.56 bits per heavy atom. The number of nitrogens with one attached hydrogen (secondary N) is 1. The van der Waals surface area contributed by atoms with E-state index in [4.69, 9.17) is 4.74 Å². The third-order valence-corrected chi connectivity index (χ3v) is 2.01. The van der Waals surface area contributed by atoms with Gasteiger partial charge in [-0.2, -0.15) is 4.39 Å². The second kappa shape index (κ2) is 6.95. The topological polar surface area (TPSA) is 34.1 Å². The van der Waals surface area contributed by atoms with Gasteiger partial charge in [-0.1, -0.05) is 26.0 Å². The van der Waals surface area contributed by atoms with Crippen LogP contribution in [0.25, 0.3) is 0 Å². The van der Waals surface area contributed by atoms with Gasteiger partial charge < -0.3 is 10.1 Å². The average molecular weight is 224 g/mol. The van der Waals surface area contributed by atoms with Gasteiger partial charge in [-0.25, -0.2) is 4.98 Å². The van der Waals surface area contributed by atoms with Crippen LogP contribution in [-0.4, -0.2) is 24.2 Å². The number of hydrogen-bond donors (Lipinski definition) is 1. The largest absolute Gasteiger partial charge is 0.487 e. The van der Waals surface area contributed by atoms with Crippen LogP contribution < -0.4 is 10.1 Å². The van der Waals surface area contributed by atoms with E-state index in [1.807, 2.05) is 26.0 Å². The molecule has 0 saturated carbocycles. The van der Waals surface area contributed by atoms with Crippen molar-refractivity contribution in [3.63, 3.8) is 0 Å². The first kappa shape index (κ1) is 12.6. The predicted molar refractivity (Wildman–Crippen MR) is 62.0 cm³/mol. The number of rotatable bonds is 3. The zero-order chi connectivity index (χ0) is 11.8. The lowest BCUT2D eigenvalue weighted by Gasteiger charge is -2.10. The molecule has 0 aromatic carbocycles. The van der Waals surface area contributed by atoms with Crippen LogP contribution in [0.1, 0.15) is 13.8 Å². The summed E-state index contributed by atoms with van der Waals surface area (Å²) in [5, 5.41) is 3.17. The Morgan fingerprint density at radius 3 is 3.00 bits per heavy atom. The van der Waals surface area contributed by atoms with E-state index < -0.39 is 5.95 Å². The molecule has 0 radical (unpaired) electrons. The quantitative estimate of drug-likeness (QED) is 0.631. The summed E-state index contributed by atoms with van der Waals surface area (Å²) in [6.45, 7) is 5.28. The van der Waals surface area contributed by atoms with E-state index in [0.717, 1.165) is 6.54 Å². The highest BCUT2D eigenvalue weighted by molar-refractivity contribution is 5.18. The van der Waals surface area contributed by atoms with Gasteiger partial charge in [-0.15, -0.1) is 0 Å². The molecule has 2 rings (SSSR count). The fourth-order valence-corrected chi connectivity index (χ4v) is 1.29. The number of halogens is 1. The first-order chi connectivity index (χ1) is 7.86. The molecule has 4 heteroatoms. The fraction of sp³-hybridized carbons (Fsp3) is 0.417. The molecular formula is C12H17FN2O. The Kier molecular flexibility index (Phi) is 5.50. The monoisotopic (exact) mass is 224 g/mol. The lowest BCUT2D eigenvalue weighted by atomic mass is 10.3. The fourth-order valence-electron chi connectivity index (χ4n) is 1.29. The van der Waals surface area contributed by atoms with Crippen molar-refractivity contribution in [2.45, 2.75) is 19.9 Å². The van der Waals surface area contributed by atoms with Crippen molar-refractivity contribution in [1.29, 1.82) is 0 Å². The summed E-state index contributed by atoms with van der Waals surface area (Å²) in [7, 11) is 0. The highest BCUT2D eigenvalue weighted by Crippen LogP contribution is 2.13. The van der Waals surface area contributed by atoms with Gasteiger partial charge in [-0.05, 0) is 12.1 Å². The van der Waals surface area contributed by atoms with Crippen molar-refractivity contribution >= 4 is 0 Å². The Bertz CT molecular complexity index is 342. The van der Waals surface area contributed by atoms with Crippen LogP contribution in [-0.2, 0) is 0 Å². The summed E-state index contributed by atoms with van der Waals surface area (Å²) in [6, 6.07) is 3.40. The molecule has 88 valence electrons. The molecule has 1 aliphatic heterocycles. The van der Waals surface area contributed by atoms with Gasteiger partial charge in [0, 0.05) is 12.7 Å². The van der Waals surface area contributed by atoms with E-state index >= 15 is 0 Å². The van der Waals surface area contributed by atoms with Crippen molar-refractivity contribution < 1.29 is 9.13 Å². The molecule has 0 saturated heterocycles. The summed E-state index contributed by atoms with van der Waals surface area (Å²) in [4.78, 5) is 3.49. The SMILES string of the molecule is CC.Fc1ncccc1OCC1C=CCN1. The van der Waals surface area contributed by atoms with Gasteiger partial charge in [-0.3, -0.25) is 0 Å². The number of nitrogens with zero attached hydrogens (tertiary/aromatic N) is 1. The minimum Gasteiger partial charge on any atom is -0.487 e. The normalized spacial score (nSPS) is 17.8. The molecule has 0 bridgehead atoms. The number of hydrogen-bond acceptors (Lipinski definition) is 3. The highest BCUT2D eigenvalue weighted by atomic mass is 19.1. The van der Waals surface area contributed by atoms with Crippen molar-refractivity contribution in [2.75, 3.05) is 13.2 Å². The van der Waals surface area contributed by atoms with E-state index in [1.54, 1.807) is 12.1 Å². The van der Waals surface area contributed by atoms with Gasteiger partial charge >= 0.3 is 0 Å². The number of pyridine rings is 1. The summed E-state index contributed by atoms with van der Waals surface area (Å²) in [6.07, 6.45) is 5.43. The molecule has 1 N–H and O–H groups in total. The van der Waals surface area contributed by atoms with E-state index in [0.29, 0.717) is 6.61 Å². The summed E-state index contributed by atoms with van der Waals surface area (Å²) in [5.41, 5.74) is 0. The molecule has 2 heterocycles. The summed E-state index contributed by atoms with van der Waals surface area (Å²) in [5.74, 6) is -0.357. The van der Waals surface area contributed by atoms with E-state index in [-0.39, 0.29) is 11.8 Å². The second-order valence-corrected chi connectivity index (χ2v) is 3.05. The first-order valence-corrected chi connectivity index (χ1v) is 5.49. The first-order valence-electron chi connectivity index (χ1n) is 5.49. The van der Waals surface area contributed by atoms with Crippen LogP contribution in [0.5, 0.6) is 5.75 Å². The highest BCUT2D eigenvalue weighted by Gasteiger charge is 2.10. The van der Waals surface area contributed by atoms with Crippen LogP contribution in [0.3, 0.4) is 0 Å². The summed E-state index contributed by atoms with van der Waals surface area (Å²) >= 11 is 0. The zero-order valence-corrected chi connectivity index (χ0v) is 9.61. The van der Waals surface area contributed by atoms with E-state index in [9.17, 15) is 4.39 Å². The molecule has 1 unspecified atom stereocenters. The van der Waals surface area contributed by atoms with Gasteiger partial charge in [0.15, 0.2) is 5.75 Å².